The molecular formula is C20H29FN6O. The summed E-state index contributed by atoms with van der Waals surface area (Å²) in [6.07, 6.45) is 5.38. The van der Waals surface area contributed by atoms with Crippen molar-refractivity contribution in [3.8, 4) is 0 Å². The van der Waals surface area contributed by atoms with Gasteiger partial charge in [-0.05, 0) is 41.0 Å². The number of methoxy groups -OCH3 is 1. The van der Waals surface area contributed by atoms with Crippen molar-refractivity contribution in [2.24, 2.45) is 0 Å². The van der Waals surface area contributed by atoms with Crippen molar-refractivity contribution in [3.05, 3.63) is 41.5 Å². The highest BCUT2D eigenvalue weighted by molar-refractivity contribution is 5.25. The monoisotopic (exact) mass is 388 g/mol. The summed E-state index contributed by atoms with van der Waals surface area (Å²) < 4.78 is 20.5. The van der Waals surface area contributed by atoms with Crippen LogP contribution in [0.2, 0.25) is 0 Å². The minimum Gasteiger partial charge on any atom is -0.383 e. The summed E-state index contributed by atoms with van der Waals surface area (Å²) in [4.78, 5) is 5.06. The lowest BCUT2D eigenvalue weighted by atomic mass is 10.0. The summed E-state index contributed by atoms with van der Waals surface area (Å²) in [6.45, 7) is 5.16. The van der Waals surface area contributed by atoms with Crippen LogP contribution in [0.3, 0.4) is 0 Å². The van der Waals surface area contributed by atoms with E-state index in [-0.39, 0.29) is 11.9 Å². The molecule has 0 amide bonds. The molecule has 0 spiro atoms. The SMILES string of the molecule is COCCn1nnnc1[C@@H](c1ccc(F)cc1)N1CCN(C2CCCC2)CC1. The average molecular weight is 388 g/mol. The van der Waals surface area contributed by atoms with Gasteiger partial charge in [0.1, 0.15) is 5.82 Å². The molecule has 4 rings (SSSR count). The van der Waals surface area contributed by atoms with Gasteiger partial charge in [0.15, 0.2) is 5.82 Å². The van der Waals surface area contributed by atoms with Gasteiger partial charge in [-0.2, -0.15) is 0 Å². The molecule has 2 fully saturated rings. The molecule has 28 heavy (non-hydrogen) atoms. The summed E-state index contributed by atoms with van der Waals surface area (Å²) in [6, 6.07) is 7.38. The highest BCUT2D eigenvalue weighted by Crippen LogP contribution is 2.30. The molecule has 1 aliphatic carbocycles. The maximum absolute atomic E-state index is 13.5. The van der Waals surface area contributed by atoms with Crippen molar-refractivity contribution >= 4 is 0 Å². The molecule has 1 aromatic carbocycles. The van der Waals surface area contributed by atoms with E-state index < -0.39 is 0 Å². The van der Waals surface area contributed by atoms with Crippen LogP contribution in [-0.2, 0) is 11.3 Å². The highest BCUT2D eigenvalue weighted by Gasteiger charge is 2.33. The smallest absolute Gasteiger partial charge is 0.173 e. The molecule has 1 saturated heterocycles. The molecule has 1 saturated carbocycles. The zero-order valence-corrected chi connectivity index (χ0v) is 16.5. The Morgan fingerprint density at radius 3 is 2.50 bits per heavy atom. The fourth-order valence-corrected chi connectivity index (χ4v) is 4.54. The van der Waals surface area contributed by atoms with E-state index in [9.17, 15) is 4.39 Å². The van der Waals surface area contributed by atoms with Crippen molar-refractivity contribution in [2.45, 2.75) is 44.3 Å². The van der Waals surface area contributed by atoms with Crippen LogP contribution in [0.5, 0.6) is 0 Å². The van der Waals surface area contributed by atoms with E-state index in [1.54, 1.807) is 11.8 Å². The first-order chi connectivity index (χ1) is 13.8. The molecule has 2 aliphatic rings. The van der Waals surface area contributed by atoms with Gasteiger partial charge in [0.2, 0.25) is 0 Å². The molecule has 2 aromatic rings. The van der Waals surface area contributed by atoms with Crippen molar-refractivity contribution in [3.63, 3.8) is 0 Å². The topological polar surface area (TPSA) is 59.3 Å². The van der Waals surface area contributed by atoms with E-state index in [0.29, 0.717) is 13.2 Å². The lowest BCUT2D eigenvalue weighted by Gasteiger charge is -2.41. The van der Waals surface area contributed by atoms with Crippen LogP contribution in [0.4, 0.5) is 4.39 Å². The number of benzene rings is 1. The molecule has 0 unspecified atom stereocenters. The van der Waals surface area contributed by atoms with Gasteiger partial charge in [-0.1, -0.05) is 25.0 Å². The highest BCUT2D eigenvalue weighted by atomic mass is 19.1. The van der Waals surface area contributed by atoms with Crippen LogP contribution >= 0.6 is 0 Å². The maximum Gasteiger partial charge on any atom is 0.173 e. The van der Waals surface area contributed by atoms with Crippen LogP contribution in [0, 0.1) is 5.82 Å². The fourth-order valence-electron chi connectivity index (χ4n) is 4.54. The van der Waals surface area contributed by atoms with Crippen LogP contribution in [0.1, 0.15) is 43.1 Å². The molecule has 1 aromatic heterocycles. The Hall–Kier alpha value is -1.90. The summed E-state index contributed by atoms with van der Waals surface area (Å²) in [7, 11) is 1.67. The largest absolute Gasteiger partial charge is 0.383 e. The number of tetrazole rings is 1. The average Bonchev–Trinajstić information content (AvgIpc) is 3.41. The number of nitrogens with zero attached hydrogens (tertiary/aromatic N) is 6. The Bertz CT molecular complexity index is 737. The minimum absolute atomic E-state index is 0.0850. The standard InChI is InChI=1S/C20H29FN6O/c1-28-15-14-27-20(22-23-24-27)19(16-6-8-17(21)9-7-16)26-12-10-25(11-13-26)18-4-2-3-5-18/h6-9,18-19H,2-5,10-15H2,1H3/t19-/m1/s1. The molecule has 8 heteroatoms. The summed E-state index contributed by atoms with van der Waals surface area (Å²) in [5.74, 6) is 0.561. The van der Waals surface area contributed by atoms with Gasteiger partial charge in [0.05, 0.1) is 19.2 Å². The van der Waals surface area contributed by atoms with E-state index in [1.807, 2.05) is 12.1 Å². The minimum atomic E-state index is -0.229. The first-order valence-electron chi connectivity index (χ1n) is 10.2. The Balaban J connectivity index is 1.55. The third-order valence-electron chi connectivity index (χ3n) is 6.05. The predicted molar refractivity (Wildman–Crippen MR) is 103 cm³/mol. The normalized spacial score (nSPS) is 20.6. The van der Waals surface area contributed by atoms with Gasteiger partial charge < -0.3 is 4.74 Å². The second-order valence-corrected chi connectivity index (χ2v) is 7.72. The lowest BCUT2D eigenvalue weighted by Crippen LogP contribution is -2.51. The molecular weight excluding hydrogens is 359 g/mol. The Kier molecular flexibility index (Phi) is 6.29. The summed E-state index contributed by atoms with van der Waals surface area (Å²) in [5.41, 5.74) is 1.02. The zero-order chi connectivity index (χ0) is 19.3. The molecule has 1 atom stereocenters. The van der Waals surface area contributed by atoms with Crippen molar-refractivity contribution in [1.82, 2.24) is 30.0 Å². The number of hydrogen-bond donors (Lipinski definition) is 0. The quantitative estimate of drug-likeness (QED) is 0.724. The molecule has 0 radical (unpaired) electrons. The van der Waals surface area contributed by atoms with Crippen LogP contribution in [0.25, 0.3) is 0 Å². The number of hydrogen-bond acceptors (Lipinski definition) is 6. The second-order valence-electron chi connectivity index (χ2n) is 7.72. The number of rotatable bonds is 7. The fraction of sp³-hybridized carbons (Fsp3) is 0.650. The van der Waals surface area contributed by atoms with Crippen LogP contribution < -0.4 is 0 Å². The van der Waals surface area contributed by atoms with Crippen molar-refractivity contribution in [1.29, 1.82) is 0 Å². The third kappa shape index (κ3) is 4.24. The summed E-state index contributed by atoms with van der Waals surface area (Å²) in [5, 5.41) is 12.4. The van der Waals surface area contributed by atoms with Crippen LogP contribution in [0.15, 0.2) is 24.3 Å². The number of aromatic nitrogens is 4. The lowest BCUT2D eigenvalue weighted by molar-refractivity contribution is 0.0763. The number of ether oxygens (including phenoxy) is 1. The summed E-state index contributed by atoms with van der Waals surface area (Å²) >= 11 is 0. The Morgan fingerprint density at radius 1 is 1.11 bits per heavy atom. The number of piperazine rings is 1. The predicted octanol–water partition coefficient (Wildman–Crippen LogP) is 2.11. The molecule has 1 aliphatic heterocycles. The number of halogens is 1. The van der Waals surface area contributed by atoms with Crippen LogP contribution in [-0.4, -0.2) is 75.9 Å². The Labute approximate surface area is 165 Å². The zero-order valence-electron chi connectivity index (χ0n) is 16.5. The molecule has 7 nitrogen and oxygen atoms in total. The van der Waals surface area contributed by atoms with Gasteiger partial charge >= 0.3 is 0 Å². The van der Waals surface area contributed by atoms with Gasteiger partial charge in [-0.15, -0.1) is 5.10 Å². The van der Waals surface area contributed by atoms with E-state index in [1.165, 1.54) is 37.8 Å². The maximum atomic E-state index is 13.5. The van der Waals surface area contributed by atoms with E-state index in [4.69, 9.17) is 4.74 Å². The first kappa shape index (κ1) is 19.4. The van der Waals surface area contributed by atoms with Gasteiger partial charge in [0.25, 0.3) is 0 Å². The van der Waals surface area contributed by atoms with E-state index >= 15 is 0 Å². The first-order valence-corrected chi connectivity index (χ1v) is 10.2. The molecule has 2 heterocycles. The second kappa shape index (κ2) is 9.07. The van der Waals surface area contributed by atoms with E-state index in [2.05, 4.69) is 25.3 Å². The van der Waals surface area contributed by atoms with Gasteiger partial charge in [0, 0.05) is 39.3 Å². The van der Waals surface area contributed by atoms with Gasteiger partial charge in [-0.25, -0.2) is 9.07 Å². The van der Waals surface area contributed by atoms with E-state index in [0.717, 1.165) is 43.6 Å². The third-order valence-corrected chi connectivity index (χ3v) is 6.05. The van der Waals surface area contributed by atoms with Gasteiger partial charge in [-0.3, -0.25) is 9.80 Å². The molecule has 0 N–H and O–H groups in total. The van der Waals surface area contributed by atoms with Crippen molar-refractivity contribution in [2.75, 3.05) is 39.9 Å². The molecule has 152 valence electrons. The van der Waals surface area contributed by atoms with Crippen molar-refractivity contribution < 1.29 is 9.13 Å². The molecule has 0 bridgehead atoms. The Morgan fingerprint density at radius 2 is 1.82 bits per heavy atom.